The Labute approximate surface area is 126 Å². The minimum absolute atomic E-state index is 0.172. The van der Waals surface area contributed by atoms with Gasteiger partial charge < -0.3 is 10.6 Å². The zero-order valence-corrected chi connectivity index (χ0v) is 11.5. The summed E-state index contributed by atoms with van der Waals surface area (Å²) in [7, 11) is 0. The number of ketones is 1. The standard InChI is InChI=1S/C17H11N3O2/c18-10-11-6-7-13-14(8-11)20-17(22)15(19-13)9-16(21)12-4-2-1-3-5-12/h1-9,19H,(H,20,22)/b15-9+. The highest BCUT2D eigenvalue weighted by molar-refractivity contribution is 6.16. The zero-order valence-electron chi connectivity index (χ0n) is 11.5. The molecular weight excluding hydrogens is 278 g/mol. The average Bonchev–Trinajstić information content (AvgIpc) is 2.56. The number of amides is 1. The van der Waals surface area contributed by atoms with Crippen molar-refractivity contribution in [2.24, 2.45) is 0 Å². The van der Waals surface area contributed by atoms with E-state index in [0.29, 0.717) is 22.5 Å². The maximum atomic E-state index is 12.1. The smallest absolute Gasteiger partial charge is 0.272 e. The topological polar surface area (TPSA) is 82.0 Å². The predicted molar refractivity (Wildman–Crippen MR) is 82.3 cm³/mol. The molecule has 3 rings (SSSR count). The predicted octanol–water partition coefficient (Wildman–Crippen LogP) is 2.69. The van der Waals surface area contributed by atoms with Gasteiger partial charge in [0, 0.05) is 11.6 Å². The fourth-order valence-electron chi connectivity index (χ4n) is 2.14. The van der Waals surface area contributed by atoms with Crippen molar-refractivity contribution < 1.29 is 9.59 Å². The lowest BCUT2D eigenvalue weighted by Crippen LogP contribution is -2.26. The highest BCUT2D eigenvalue weighted by Crippen LogP contribution is 2.28. The van der Waals surface area contributed by atoms with Gasteiger partial charge in [-0.05, 0) is 18.2 Å². The monoisotopic (exact) mass is 289 g/mol. The molecular formula is C17H11N3O2. The van der Waals surface area contributed by atoms with Crippen molar-refractivity contribution in [2.45, 2.75) is 0 Å². The van der Waals surface area contributed by atoms with Gasteiger partial charge in [0.15, 0.2) is 5.78 Å². The quantitative estimate of drug-likeness (QED) is 0.658. The lowest BCUT2D eigenvalue weighted by atomic mass is 10.1. The molecule has 0 aromatic heterocycles. The fraction of sp³-hybridized carbons (Fsp3) is 0. The minimum atomic E-state index is -0.410. The third-order valence-corrected chi connectivity index (χ3v) is 3.24. The molecule has 2 aromatic rings. The number of nitrogens with zero attached hydrogens (tertiary/aromatic N) is 1. The molecule has 0 radical (unpaired) electrons. The summed E-state index contributed by atoms with van der Waals surface area (Å²) in [4.78, 5) is 24.2. The molecule has 5 nitrogen and oxygen atoms in total. The molecule has 1 aliphatic rings. The Bertz CT molecular complexity index is 833. The molecule has 1 amide bonds. The second kappa shape index (κ2) is 5.54. The first-order valence-electron chi connectivity index (χ1n) is 6.61. The van der Waals surface area contributed by atoms with E-state index in [0.717, 1.165) is 0 Å². The fourth-order valence-corrected chi connectivity index (χ4v) is 2.14. The Hall–Kier alpha value is -3.39. The van der Waals surface area contributed by atoms with Crippen LogP contribution in [-0.2, 0) is 4.79 Å². The van der Waals surface area contributed by atoms with Gasteiger partial charge in [-0.25, -0.2) is 0 Å². The molecule has 2 aromatic carbocycles. The van der Waals surface area contributed by atoms with Gasteiger partial charge >= 0.3 is 0 Å². The average molecular weight is 289 g/mol. The highest BCUT2D eigenvalue weighted by atomic mass is 16.2. The Morgan fingerprint density at radius 3 is 2.55 bits per heavy atom. The normalized spacial score (nSPS) is 14.5. The number of allylic oxidation sites excluding steroid dienone is 1. The van der Waals surface area contributed by atoms with E-state index < -0.39 is 5.91 Å². The van der Waals surface area contributed by atoms with Crippen LogP contribution in [0.1, 0.15) is 15.9 Å². The van der Waals surface area contributed by atoms with Crippen LogP contribution in [0.25, 0.3) is 0 Å². The molecule has 5 heteroatoms. The van der Waals surface area contributed by atoms with Crippen molar-refractivity contribution in [2.75, 3.05) is 10.6 Å². The minimum Gasteiger partial charge on any atom is -0.349 e. The van der Waals surface area contributed by atoms with Gasteiger partial charge in [0.2, 0.25) is 0 Å². The Kier molecular flexibility index (Phi) is 3.42. The van der Waals surface area contributed by atoms with Gasteiger partial charge in [-0.15, -0.1) is 0 Å². The summed E-state index contributed by atoms with van der Waals surface area (Å²) < 4.78 is 0. The van der Waals surface area contributed by atoms with E-state index >= 15 is 0 Å². The van der Waals surface area contributed by atoms with Crippen LogP contribution in [0.2, 0.25) is 0 Å². The molecule has 1 aliphatic heterocycles. The number of nitrogens with one attached hydrogen (secondary N) is 2. The van der Waals surface area contributed by atoms with Crippen LogP contribution in [0.3, 0.4) is 0 Å². The lowest BCUT2D eigenvalue weighted by molar-refractivity contribution is -0.112. The molecule has 0 bridgehead atoms. The van der Waals surface area contributed by atoms with Gasteiger partial charge in [-0.1, -0.05) is 30.3 Å². The molecule has 0 atom stereocenters. The zero-order chi connectivity index (χ0) is 15.5. The number of nitriles is 1. The first kappa shape index (κ1) is 13.6. The Morgan fingerprint density at radius 1 is 1.05 bits per heavy atom. The summed E-state index contributed by atoms with van der Waals surface area (Å²) in [5, 5.41) is 14.4. The maximum Gasteiger partial charge on any atom is 0.272 e. The van der Waals surface area contributed by atoms with Crippen LogP contribution < -0.4 is 10.6 Å². The van der Waals surface area contributed by atoms with Crippen LogP contribution in [0.15, 0.2) is 60.3 Å². The third kappa shape index (κ3) is 2.58. The molecule has 0 saturated heterocycles. The molecule has 0 spiro atoms. The van der Waals surface area contributed by atoms with Gasteiger partial charge in [0.25, 0.3) is 5.91 Å². The van der Waals surface area contributed by atoms with E-state index in [4.69, 9.17) is 5.26 Å². The van der Waals surface area contributed by atoms with Crippen LogP contribution in [0.4, 0.5) is 11.4 Å². The van der Waals surface area contributed by atoms with E-state index in [9.17, 15) is 9.59 Å². The van der Waals surface area contributed by atoms with Crippen LogP contribution >= 0.6 is 0 Å². The van der Waals surface area contributed by atoms with Crippen molar-refractivity contribution in [3.8, 4) is 6.07 Å². The van der Waals surface area contributed by atoms with E-state index in [-0.39, 0.29) is 11.5 Å². The summed E-state index contributed by atoms with van der Waals surface area (Å²) in [5.74, 6) is -0.665. The molecule has 0 saturated carbocycles. The first-order valence-corrected chi connectivity index (χ1v) is 6.61. The Balaban J connectivity index is 1.90. The molecule has 1 heterocycles. The number of benzene rings is 2. The second-order valence-electron chi connectivity index (χ2n) is 4.74. The largest absolute Gasteiger partial charge is 0.349 e. The number of rotatable bonds is 2. The van der Waals surface area contributed by atoms with E-state index in [1.807, 2.05) is 12.1 Å². The van der Waals surface area contributed by atoms with Gasteiger partial charge in [-0.2, -0.15) is 5.26 Å². The van der Waals surface area contributed by atoms with Crippen LogP contribution in [-0.4, -0.2) is 11.7 Å². The van der Waals surface area contributed by atoms with E-state index in [2.05, 4.69) is 10.6 Å². The van der Waals surface area contributed by atoms with Gasteiger partial charge in [0.05, 0.1) is 23.0 Å². The van der Waals surface area contributed by atoms with E-state index in [1.165, 1.54) is 6.08 Å². The van der Waals surface area contributed by atoms with Crippen LogP contribution in [0.5, 0.6) is 0 Å². The van der Waals surface area contributed by atoms with E-state index in [1.54, 1.807) is 42.5 Å². The van der Waals surface area contributed by atoms with Crippen molar-refractivity contribution in [1.29, 1.82) is 5.26 Å². The number of anilines is 2. The number of carbonyl (C=O) groups excluding carboxylic acids is 2. The molecule has 106 valence electrons. The highest BCUT2D eigenvalue weighted by Gasteiger charge is 2.21. The molecule has 22 heavy (non-hydrogen) atoms. The number of hydrogen-bond donors (Lipinski definition) is 2. The van der Waals surface area contributed by atoms with Gasteiger partial charge in [0.1, 0.15) is 5.70 Å². The summed E-state index contributed by atoms with van der Waals surface area (Å²) in [5.41, 5.74) is 2.30. The number of carbonyl (C=O) groups is 2. The lowest BCUT2D eigenvalue weighted by Gasteiger charge is -2.21. The van der Waals surface area contributed by atoms with Crippen LogP contribution in [0, 0.1) is 11.3 Å². The van der Waals surface area contributed by atoms with Gasteiger partial charge in [-0.3, -0.25) is 9.59 Å². The molecule has 0 fully saturated rings. The maximum absolute atomic E-state index is 12.1. The summed E-state index contributed by atoms with van der Waals surface area (Å²) in [6, 6.07) is 15.6. The van der Waals surface area contributed by atoms with Crippen molar-refractivity contribution in [1.82, 2.24) is 0 Å². The molecule has 2 N–H and O–H groups in total. The first-order chi connectivity index (χ1) is 10.7. The number of hydrogen-bond acceptors (Lipinski definition) is 4. The summed E-state index contributed by atoms with van der Waals surface area (Å²) in [6.45, 7) is 0. The SMILES string of the molecule is N#Cc1ccc2c(c1)NC(=O)/C(=C\C(=O)c1ccccc1)N2. The second-order valence-corrected chi connectivity index (χ2v) is 4.74. The summed E-state index contributed by atoms with van der Waals surface area (Å²) >= 11 is 0. The van der Waals surface area contributed by atoms with Crippen molar-refractivity contribution >= 4 is 23.1 Å². The number of fused-ring (bicyclic) bond motifs is 1. The van der Waals surface area contributed by atoms with Crippen molar-refractivity contribution in [3.63, 3.8) is 0 Å². The third-order valence-electron chi connectivity index (χ3n) is 3.24. The Morgan fingerprint density at radius 2 is 1.82 bits per heavy atom. The molecule has 0 aliphatic carbocycles. The summed E-state index contributed by atoms with van der Waals surface area (Å²) in [6.07, 6.45) is 1.27. The molecule has 0 unspecified atom stereocenters. The van der Waals surface area contributed by atoms with Crippen molar-refractivity contribution in [3.05, 3.63) is 71.4 Å².